The molecule has 1 atom stereocenters. The molecule has 1 aromatic carbocycles. The Morgan fingerprint density at radius 3 is 2.63 bits per heavy atom. The first-order chi connectivity index (χ1) is 9.05. The Balaban J connectivity index is 2.49. The van der Waals surface area contributed by atoms with Crippen LogP contribution < -0.4 is 5.32 Å². The van der Waals surface area contributed by atoms with E-state index in [0.717, 1.165) is 15.8 Å². The number of rotatable bonds is 6. The number of nitrogens with zero attached hydrogens (tertiary/aromatic N) is 2. The molecule has 5 heteroatoms. The van der Waals surface area contributed by atoms with Crippen LogP contribution in [0.5, 0.6) is 0 Å². The second kappa shape index (κ2) is 8.12. The van der Waals surface area contributed by atoms with Gasteiger partial charge in [0.2, 0.25) is 5.91 Å². The van der Waals surface area contributed by atoms with E-state index in [1.807, 2.05) is 43.0 Å². The van der Waals surface area contributed by atoms with Crippen molar-refractivity contribution < 1.29 is 4.79 Å². The number of anilines is 1. The lowest BCUT2D eigenvalue weighted by Gasteiger charge is -2.20. The molecule has 0 fully saturated rings. The summed E-state index contributed by atoms with van der Waals surface area (Å²) in [7, 11) is 0. The normalized spacial score (nSPS) is 11.9. The van der Waals surface area contributed by atoms with Crippen LogP contribution in [-0.2, 0) is 4.79 Å². The molecule has 4 nitrogen and oxygen atoms in total. The Labute approximate surface area is 127 Å². The Kier molecular flexibility index (Phi) is 6.81. The molecular weight excluding hydrogens is 353 g/mol. The van der Waals surface area contributed by atoms with E-state index in [4.69, 9.17) is 5.26 Å². The zero-order valence-corrected chi connectivity index (χ0v) is 13.3. The number of benzene rings is 1. The Morgan fingerprint density at radius 1 is 1.47 bits per heavy atom. The molecule has 0 spiro atoms. The van der Waals surface area contributed by atoms with E-state index in [0.29, 0.717) is 13.1 Å². The van der Waals surface area contributed by atoms with Crippen molar-refractivity contribution in [2.45, 2.75) is 13.8 Å². The molecule has 0 aliphatic rings. The van der Waals surface area contributed by atoms with Gasteiger partial charge in [-0.25, -0.2) is 0 Å². The van der Waals surface area contributed by atoms with Crippen LogP contribution in [-0.4, -0.2) is 30.4 Å². The van der Waals surface area contributed by atoms with Gasteiger partial charge in [0.05, 0.1) is 18.5 Å². The average Bonchev–Trinajstić information content (AvgIpc) is 2.40. The van der Waals surface area contributed by atoms with Crippen LogP contribution in [0, 0.1) is 20.8 Å². The molecule has 1 N–H and O–H groups in total. The third kappa shape index (κ3) is 6.03. The van der Waals surface area contributed by atoms with E-state index in [2.05, 4.69) is 34.0 Å². The van der Waals surface area contributed by atoms with Crippen molar-refractivity contribution in [2.24, 2.45) is 5.92 Å². The lowest BCUT2D eigenvalue weighted by atomic mass is 10.2. The van der Waals surface area contributed by atoms with Crippen molar-refractivity contribution in [1.82, 2.24) is 4.90 Å². The van der Waals surface area contributed by atoms with Crippen molar-refractivity contribution in [2.75, 3.05) is 25.0 Å². The summed E-state index contributed by atoms with van der Waals surface area (Å²) in [5.74, 6) is -0.112. The highest BCUT2D eigenvalue weighted by atomic mass is 127. The maximum atomic E-state index is 11.9. The number of hydrogen-bond donors (Lipinski definition) is 1. The van der Waals surface area contributed by atoms with Crippen LogP contribution in [0.25, 0.3) is 0 Å². The highest BCUT2D eigenvalue weighted by Crippen LogP contribution is 2.11. The lowest BCUT2D eigenvalue weighted by molar-refractivity contribution is -0.117. The van der Waals surface area contributed by atoms with Gasteiger partial charge in [0.25, 0.3) is 0 Å². The molecule has 0 heterocycles. The summed E-state index contributed by atoms with van der Waals surface area (Å²) < 4.78 is 1.13. The SMILES string of the molecule is CCN(CC(=O)Nc1ccc(I)cc1)CC(C)C#N. The van der Waals surface area contributed by atoms with E-state index >= 15 is 0 Å². The molecule has 1 rings (SSSR count). The van der Waals surface area contributed by atoms with E-state index in [1.165, 1.54) is 0 Å². The van der Waals surface area contributed by atoms with Gasteiger partial charge in [-0.3, -0.25) is 9.69 Å². The Morgan fingerprint density at radius 2 is 2.11 bits per heavy atom. The summed E-state index contributed by atoms with van der Waals surface area (Å²) >= 11 is 2.22. The van der Waals surface area contributed by atoms with Crippen LogP contribution >= 0.6 is 22.6 Å². The predicted octanol–water partition coefficient (Wildman–Crippen LogP) is 2.71. The number of nitriles is 1. The zero-order chi connectivity index (χ0) is 14.3. The maximum Gasteiger partial charge on any atom is 0.238 e. The van der Waals surface area contributed by atoms with Gasteiger partial charge in [-0.15, -0.1) is 0 Å². The number of carbonyl (C=O) groups is 1. The smallest absolute Gasteiger partial charge is 0.238 e. The number of amides is 1. The summed E-state index contributed by atoms with van der Waals surface area (Å²) in [5, 5.41) is 11.7. The largest absolute Gasteiger partial charge is 0.325 e. The fourth-order valence-electron chi connectivity index (χ4n) is 1.67. The standard InChI is InChI=1S/C14H18IN3O/c1-3-18(9-11(2)8-16)10-14(19)17-13-6-4-12(15)5-7-13/h4-7,11H,3,9-10H2,1-2H3,(H,17,19). The van der Waals surface area contributed by atoms with Gasteiger partial charge < -0.3 is 5.32 Å². The van der Waals surface area contributed by atoms with E-state index in [-0.39, 0.29) is 11.8 Å². The van der Waals surface area contributed by atoms with Crippen molar-refractivity contribution in [3.8, 4) is 6.07 Å². The lowest BCUT2D eigenvalue weighted by Crippen LogP contribution is -2.35. The highest BCUT2D eigenvalue weighted by molar-refractivity contribution is 14.1. The summed E-state index contributed by atoms with van der Waals surface area (Å²) in [5.41, 5.74) is 0.801. The molecule has 1 amide bonds. The van der Waals surface area contributed by atoms with Crippen molar-refractivity contribution >= 4 is 34.2 Å². The molecule has 1 unspecified atom stereocenters. The molecule has 102 valence electrons. The molecular formula is C14H18IN3O. The van der Waals surface area contributed by atoms with Gasteiger partial charge >= 0.3 is 0 Å². The molecule has 19 heavy (non-hydrogen) atoms. The second-order valence-corrected chi connectivity index (χ2v) is 5.66. The topological polar surface area (TPSA) is 56.1 Å². The predicted molar refractivity (Wildman–Crippen MR) is 84.7 cm³/mol. The van der Waals surface area contributed by atoms with Crippen molar-refractivity contribution in [3.05, 3.63) is 27.8 Å². The monoisotopic (exact) mass is 371 g/mol. The number of hydrogen-bond acceptors (Lipinski definition) is 3. The van der Waals surface area contributed by atoms with E-state index in [1.54, 1.807) is 0 Å². The number of halogens is 1. The third-order valence-electron chi connectivity index (χ3n) is 2.69. The fourth-order valence-corrected chi connectivity index (χ4v) is 2.03. The molecule has 0 radical (unpaired) electrons. The molecule has 0 bridgehead atoms. The van der Waals surface area contributed by atoms with Gasteiger partial charge in [0.1, 0.15) is 0 Å². The minimum atomic E-state index is -0.0638. The molecule has 1 aromatic rings. The minimum absolute atomic E-state index is 0.0480. The second-order valence-electron chi connectivity index (χ2n) is 4.41. The van der Waals surface area contributed by atoms with Gasteiger partial charge in [-0.1, -0.05) is 6.92 Å². The van der Waals surface area contributed by atoms with E-state index < -0.39 is 0 Å². The molecule has 0 aliphatic heterocycles. The summed E-state index contributed by atoms with van der Waals surface area (Å²) in [4.78, 5) is 13.9. The third-order valence-corrected chi connectivity index (χ3v) is 3.41. The Hall–Kier alpha value is -1.13. The highest BCUT2D eigenvalue weighted by Gasteiger charge is 2.12. The molecule has 0 aliphatic carbocycles. The van der Waals surface area contributed by atoms with Gasteiger partial charge in [-0.2, -0.15) is 5.26 Å². The summed E-state index contributed by atoms with van der Waals surface area (Å²) in [6.07, 6.45) is 0. The summed E-state index contributed by atoms with van der Waals surface area (Å²) in [6, 6.07) is 9.85. The average molecular weight is 371 g/mol. The fraction of sp³-hybridized carbons (Fsp3) is 0.429. The van der Waals surface area contributed by atoms with Crippen LogP contribution in [0.3, 0.4) is 0 Å². The first kappa shape index (κ1) is 15.9. The van der Waals surface area contributed by atoms with Crippen molar-refractivity contribution in [1.29, 1.82) is 5.26 Å². The first-order valence-electron chi connectivity index (χ1n) is 6.22. The molecule has 0 saturated heterocycles. The quantitative estimate of drug-likeness (QED) is 0.783. The van der Waals surface area contributed by atoms with Gasteiger partial charge in [0, 0.05) is 15.8 Å². The van der Waals surface area contributed by atoms with E-state index in [9.17, 15) is 4.79 Å². The maximum absolute atomic E-state index is 11.9. The van der Waals surface area contributed by atoms with Gasteiger partial charge in [-0.05, 0) is 60.3 Å². The van der Waals surface area contributed by atoms with Gasteiger partial charge in [0.15, 0.2) is 0 Å². The summed E-state index contributed by atoms with van der Waals surface area (Å²) in [6.45, 7) is 5.54. The van der Waals surface area contributed by atoms with Crippen LogP contribution in [0.4, 0.5) is 5.69 Å². The van der Waals surface area contributed by atoms with Crippen LogP contribution in [0.2, 0.25) is 0 Å². The zero-order valence-electron chi connectivity index (χ0n) is 11.2. The number of carbonyl (C=O) groups excluding carboxylic acids is 1. The number of nitrogens with one attached hydrogen (secondary N) is 1. The van der Waals surface area contributed by atoms with Crippen molar-refractivity contribution in [3.63, 3.8) is 0 Å². The first-order valence-corrected chi connectivity index (χ1v) is 7.30. The molecule has 0 aromatic heterocycles. The minimum Gasteiger partial charge on any atom is -0.325 e. The van der Waals surface area contributed by atoms with Crippen LogP contribution in [0.15, 0.2) is 24.3 Å². The Bertz CT molecular complexity index is 453. The number of likely N-dealkylation sites (N-methyl/N-ethyl adjacent to an activating group) is 1. The molecule has 0 saturated carbocycles. The van der Waals surface area contributed by atoms with Crippen LogP contribution in [0.1, 0.15) is 13.8 Å².